The van der Waals surface area contributed by atoms with Gasteiger partial charge in [0.1, 0.15) is 5.78 Å². The summed E-state index contributed by atoms with van der Waals surface area (Å²) in [4.78, 5) is 27.5. The van der Waals surface area contributed by atoms with Crippen LogP contribution < -0.4 is 0 Å². The van der Waals surface area contributed by atoms with Crippen LogP contribution in [0.2, 0.25) is 0 Å². The summed E-state index contributed by atoms with van der Waals surface area (Å²) < 4.78 is 12.4. The summed E-state index contributed by atoms with van der Waals surface area (Å²) in [5.74, 6) is -0.533. The Morgan fingerprint density at radius 1 is 1.03 bits per heavy atom. The molecule has 0 aromatic heterocycles. The van der Waals surface area contributed by atoms with Crippen LogP contribution in [0.4, 0.5) is 0 Å². The summed E-state index contributed by atoms with van der Waals surface area (Å²) in [5, 5.41) is 20.6. The zero-order valence-corrected chi connectivity index (χ0v) is 27.1. The van der Waals surface area contributed by atoms with Gasteiger partial charge in [-0.05, 0) is 63.5 Å². The molecule has 0 aliphatic carbocycles. The molecule has 7 nitrogen and oxygen atoms in total. The maximum absolute atomic E-state index is 13.4. The van der Waals surface area contributed by atoms with E-state index in [2.05, 4.69) is 46.4 Å². The van der Waals surface area contributed by atoms with Crippen LogP contribution in [0, 0.1) is 40.9 Å². The van der Waals surface area contributed by atoms with E-state index in [4.69, 9.17) is 9.47 Å². The molecule has 3 unspecified atom stereocenters. The van der Waals surface area contributed by atoms with E-state index in [-0.39, 0.29) is 29.2 Å². The number of carbonyl (C=O) groups is 2. The Labute approximate surface area is 239 Å². The molecule has 7 heteroatoms. The number of likely N-dealkylation sites (N-methyl/N-ethyl adjacent to an activating group) is 1. The van der Waals surface area contributed by atoms with Gasteiger partial charge in [-0.15, -0.1) is 0 Å². The molecule has 230 valence electrons. The molecule has 0 radical (unpaired) electrons. The van der Waals surface area contributed by atoms with Gasteiger partial charge >= 0.3 is 5.97 Å². The lowest BCUT2D eigenvalue weighted by Gasteiger charge is -2.44. The second kappa shape index (κ2) is 15.8. The topological polar surface area (TPSA) is 96.3 Å². The number of ether oxygens (including phenoxy) is 2. The lowest BCUT2D eigenvalue weighted by Crippen LogP contribution is -2.55. The average molecular weight is 556 g/mol. The molecule has 0 aromatic carbocycles. The molecule has 1 heterocycles. The van der Waals surface area contributed by atoms with Gasteiger partial charge in [-0.25, -0.2) is 0 Å². The molecule has 0 aromatic rings. The van der Waals surface area contributed by atoms with Crippen molar-refractivity contribution in [3.05, 3.63) is 0 Å². The van der Waals surface area contributed by atoms with Gasteiger partial charge in [-0.2, -0.15) is 0 Å². The monoisotopic (exact) mass is 555 g/mol. The first kappa shape index (κ1) is 36.0. The Morgan fingerprint density at radius 2 is 1.62 bits per heavy atom. The average Bonchev–Trinajstić information content (AvgIpc) is 2.86. The van der Waals surface area contributed by atoms with Crippen LogP contribution in [0.3, 0.4) is 0 Å². The molecule has 1 aliphatic rings. The maximum atomic E-state index is 13.4. The van der Waals surface area contributed by atoms with Crippen molar-refractivity contribution < 1.29 is 29.3 Å². The van der Waals surface area contributed by atoms with E-state index in [0.717, 1.165) is 32.2 Å². The number of aliphatic hydroxyl groups is 1. The number of carboxylic acids is 1. The number of aliphatic hydroxyl groups excluding tert-OH is 1. The number of carbonyl (C=O) groups excluding carboxylic acids is 1. The van der Waals surface area contributed by atoms with Crippen molar-refractivity contribution in [3.8, 4) is 0 Å². The van der Waals surface area contributed by atoms with Crippen LogP contribution in [0.5, 0.6) is 0 Å². The molecule has 1 aliphatic heterocycles. The van der Waals surface area contributed by atoms with E-state index in [1.54, 1.807) is 6.92 Å². The minimum absolute atomic E-state index is 0.0212. The largest absolute Gasteiger partial charge is 0.481 e. The second-order valence-electron chi connectivity index (χ2n) is 13.6. The summed E-state index contributed by atoms with van der Waals surface area (Å²) in [5.41, 5.74) is -0.172. The molecule has 1 rings (SSSR count). The van der Waals surface area contributed by atoms with Gasteiger partial charge in [0, 0.05) is 24.3 Å². The van der Waals surface area contributed by atoms with Crippen LogP contribution in [0.15, 0.2) is 0 Å². The van der Waals surface area contributed by atoms with E-state index in [1.165, 1.54) is 0 Å². The third kappa shape index (κ3) is 10.4. The molecule has 0 spiro atoms. The van der Waals surface area contributed by atoms with Crippen molar-refractivity contribution in [2.45, 2.75) is 139 Å². The van der Waals surface area contributed by atoms with Gasteiger partial charge in [0.15, 0.2) is 6.29 Å². The Bertz CT molecular complexity index is 757. The summed E-state index contributed by atoms with van der Waals surface area (Å²) >= 11 is 0. The fourth-order valence-electron chi connectivity index (χ4n) is 6.77. The van der Waals surface area contributed by atoms with E-state index in [9.17, 15) is 19.8 Å². The van der Waals surface area contributed by atoms with Gasteiger partial charge < -0.3 is 24.6 Å². The maximum Gasteiger partial charge on any atom is 0.308 e. The van der Waals surface area contributed by atoms with Gasteiger partial charge in [-0.1, -0.05) is 75.2 Å². The lowest BCUT2D eigenvalue weighted by atomic mass is 9.71. The molecule has 0 saturated carbocycles. The van der Waals surface area contributed by atoms with Crippen LogP contribution in [-0.2, 0) is 19.1 Å². The number of hydrogen-bond acceptors (Lipinski definition) is 6. The highest BCUT2D eigenvalue weighted by Gasteiger charge is 2.42. The Hall–Kier alpha value is -1.02. The summed E-state index contributed by atoms with van der Waals surface area (Å²) in [6, 6.07) is -0.118. The number of rotatable bonds is 17. The minimum atomic E-state index is -0.900. The molecule has 1 fully saturated rings. The molecule has 2 N–H and O–H groups in total. The van der Waals surface area contributed by atoms with E-state index in [0.29, 0.717) is 24.0 Å². The van der Waals surface area contributed by atoms with Crippen LogP contribution in [0.25, 0.3) is 0 Å². The van der Waals surface area contributed by atoms with Crippen molar-refractivity contribution in [2.24, 2.45) is 40.9 Å². The molecule has 11 atom stereocenters. The predicted octanol–water partition coefficient (Wildman–Crippen LogP) is 6.26. The predicted molar refractivity (Wildman–Crippen MR) is 157 cm³/mol. The van der Waals surface area contributed by atoms with Crippen molar-refractivity contribution in [1.82, 2.24) is 4.90 Å². The highest BCUT2D eigenvalue weighted by atomic mass is 16.7. The molecule has 0 amide bonds. The molecular formula is C32H61NO6. The fraction of sp³-hybridized carbons (Fsp3) is 0.938. The van der Waals surface area contributed by atoms with E-state index < -0.39 is 36.5 Å². The van der Waals surface area contributed by atoms with Crippen molar-refractivity contribution >= 4 is 11.8 Å². The van der Waals surface area contributed by atoms with Gasteiger partial charge in [0.25, 0.3) is 0 Å². The SMILES string of the molecule is CCC[C@H](C)[C@H](C)[C@@H](C)C(=O)[C@H](C)CC(C)(C)C[C@@H](C)C(O[C@H]1CC(N(C)CC)[C@H](O)C(C)O1)[C@@H](C)C(=O)O. The number of Topliss-reactive ketones (excluding diaryl/α,β-unsaturated/α-hetero) is 1. The number of ketones is 1. The zero-order valence-electron chi connectivity index (χ0n) is 27.1. The van der Waals surface area contributed by atoms with Crippen molar-refractivity contribution in [2.75, 3.05) is 13.6 Å². The van der Waals surface area contributed by atoms with Crippen LogP contribution in [-0.4, -0.2) is 71.1 Å². The fourth-order valence-corrected chi connectivity index (χ4v) is 6.77. The van der Waals surface area contributed by atoms with Gasteiger partial charge in [0.2, 0.25) is 0 Å². The van der Waals surface area contributed by atoms with Crippen LogP contribution in [0.1, 0.15) is 108 Å². The number of hydrogen-bond donors (Lipinski definition) is 2. The standard InChI is InChI=1S/C32H61NO6/c1-13-15-19(3)22(6)23(7)28(34)20(4)17-32(10,11)18-21(5)30(24(8)31(36)37)39-27-16-26(33(12)14-2)29(35)25(9)38-27/h19-27,29-30,35H,13-18H2,1-12H3,(H,36,37)/t19-,20+,21+,22-,23+,24+,25?,26?,27-,29+,30?/m0/s1. The van der Waals surface area contributed by atoms with Gasteiger partial charge in [-0.3, -0.25) is 9.59 Å². The summed E-state index contributed by atoms with van der Waals surface area (Å²) in [6.07, 6.45) is 2.04. The quantitative estimate of drug-likeness (QED) is 0.218. The first-order valence-electron chi connectivity index (χ1n) is 15.4. The molecule has 0 bridgehead atoms. The third-order valence-electron chi connectivity index (χ3n) is 9.59. The van der Waals surface area contributed by atoms with Crippen molar-refractivity contribution in [3.63, 3.8) is 0 Å². The highest BCUT2D eigenvalue weighted by Crippen LogP contribution is 2.39. The Morgan fingerprint density at radius 3 is 2.13 bits per heavy atom. The minimum Gasteiger partial charge on any atom is -0.481 e. The third-order valence-corrected chi connectivity index (χ3v) is 9.59. The zero-order chi connectivity index (χ0) is 30.2. The molecule has 1 saturated heterocycles. The lowest BCUT2D eigenvalue weighted by molar-refractivity contribution is -0.262. The smallest absolute Gasteiger partial charge is 0.308 e. The van der Waals surface area contributed by atoms with Crippen molar-refractivity contribution in [1.29, 1.82) is 0 Å². The highest BCUT2D eigenvalue weighted by molar-refractivity contribution is 5.83. The number of carboxylic acid groups (broad SMARTS) is 1. The van der Waals surface area contributed by atoms with E-state index in [1.807, 2.05) is 34.7 Å². The summed E-state index contributed by atoms with van der Waals surface area (Å²) in [6.45, 7) is 23.5. The van der Waals surface area contributed by atoms with Gasteiger partial charge in [0.05, 0.1) is 24.2 Å². The van der Waals surface area contributed by atoms with Crippen LogP contribution >= 0.6 is 0 Å². The van der Waals surface area contributed by atoms with E-state index >= 15 is 0 Å². The molecule has 39 heavy (non-hydrogen) atoms. The first-order valence-corrected chi connectivity index (χ1v) is 15.4. The number of aliphatic carboxylic acids is 1. The molecular weight excluding hydrogens is 494 g/mol. The Kier molecular flexibility index (Phi) is 14.6. The first-order chi connectivity index (χ1) is 18.0. The number of nitrogens with zero attached hydrogens (tertiary/aromatic N) is 1. The summed E-state index contributed by atoms with van der Waals surface area (Å²) in [7, 11) is 1.97. The second-order valence-corrected chi connectivity index (χ2v) is 13.6. The normalized spacial score (nSPS) is 27.8. The Balaban J connectivity index is 2.97.